The lowest BCUT2D eigenvalue weighted by Crippen LogP contribution is -2.21. The van der Waals surface area contributed by atoms with Gasteiger partial charge in [-0.25, -0.2) is 4.79 Å². The van der Waals surface area contributed by atoms with Gasteiger partial charge in [0.15, 0.2) is 5.71 Å². The number of benzene rings is 3. The first-order valence-electron chi connectivity index (χ1n) is 11.9. The summed E-state index contributed by atoms with van der Waals surface area (Å²) in [5, 5.41) is 3.81. The van der Waals surface area contributed by atoms with Crippen molar-refractivity contribution >= 4 is 17.8 Å². The van der Waals surface area contributed by atoms with Crippen LogP contribution in [0.2, 0.25) is 0 Å². The number of halogens is 3. The fourth-order valence-electron chi connectivity index (χ4n) is 4.48. The first kappa shape index (κ1) is 26.9. The minimum absolute atomic E-state index is 0.0145. The van der Waals surface area contributed by atoms with Crippen molar-refractivity contribution in [3.63, 3.8) is 0 Å². The molecule has 0 saturated carbocycles. The van der Waals surface area contributed by atoms with Gasteiger partial charge in [0.2, 0.25) is 0 Å². The third kappa shape index (κ3) is 6.23. The van der Waals surface area contributed by atoms with Crippen LogP contribution in [0, 0.1) is 0 Å². The van der Waals surface area contributed by atoms with E-state index in [0.29, 0.717) is 29.5 Å². The molecule has 0 radical (unpaired) electrons. The van der Waals surface area contributed by atoms with E-state index < -0.39 is 17.7 Å². The van der Waals surface area contributed by atoms with Crippen molar-refractivity contribution in [1.82, 2.24) is 5.48 Å². The number of rotatable bonds is 10. The summed E-state index contributed by atoms with van der Waals surface area (Å²) in [4.78, 5) is 22.9. The zero-order valence-electron chi connectivity index (χ0n) is 20.9. The van der Waals surface area contributed by atoms with Gasteiger partial charge in [-0.1, -0.05) is 71.9 Å². The average molecular weight is 525 g/mol. The Balaban J connectivity index is 1.48. The van der Waals surface area contributed by atoms with E-state index in [0.717, 1.165) is 22.9 Å². The van der Waals surface area contributed by atoms with Crippen LogP contribution in [0.25, 0.3) is 6.08 Å². The van der Waals surface area contributed by atoms with Crippen molar-refractivity contribution in [2.75, 3.05) is 14.2 Å². The lowest BCUT2D eigenvalue weighted by molar-refractivity contribution is -0.137. The second kappa shape index (κ2) is 12.0. The maximum Gasteiger partial charge on any atom is 0.416 e. The highest BCUT2D eigenvalue weighted by atomic mass is 19.4. The second-order valence-electron chi connectivity index (χ2n) is 8.68. The van der Waals surface area contributed by atoms with Gasteiger partial charge in [-0.2, -0.15) is 13.2 Å². The van der Waals surface area contributed by atoms with E-state index in [2.05, 4.69) is 10.6 Å². The summed E-state index contributed by atoms with van der Waals surface area (Å²) in [6.45, 7) is 0.101. The Morgan fingerprint density at radius 3 is 2.53 bits per heavy atom. The Morgan fingerprint density at radius 1 is 1.00 bits per heavy atom. The summed E-state index contributed by atoms with van der Waals surface area (Å²) in [6.07, 6.45) is -1.36. The maximum atomic E-state index is 13.2. The second-order valence-corrected chi connectivity index (χ2v) is 8.68. The van der Waals surface area contributed by atoms with E-state index in [9.17, 15) is 18.0 Å². The molecule has 3 aromatic carbocycles. The molecule has 3 aromatic rings. The molecule has 1 N–H and O–H groups in total. The van der Waals surface area contributed by atoms with E-state index >= 15 is 0 Å². The summed E-state index contributed by atoms with van der Waals surface area (Å²) in [5.41, 5.74) is 7.10. The third-order valence-corrected chi connectivity index (χ3v) is 6.29. The number of hydrogen-bond donors (Lipinski definition) is 1. The lowest BCUT2D eigenvalue weighted by Gasteiger charge is -2.19. The van der Waals surface area contributed by atoms with Crippen LogP contribution in [0.4, 0.5) is 13.2 Å². The number of nitrogens with zero attached hydrogens (tertiary/aromatic N) is 1. The monoisotopic (exact) mass is 524 g/mol. The van der Waals surface area contributed by atoms with E-state index in [-0.39, 0.29) is 18.2 Å². The number of hydrogen-bond acceptors (Lipinski definition) is 6. The van der Waals surface area contributed by atoms with Crippen molar-refractivity contribution < 1.29 is 32.4 Å². The van der Waals surface area contributed by atoms with E-state index in [1.807, 2.05) is 36.4 Å². The Bertz CT molecular complexity index is 1350. The van der Waals surface area contributed by atoms with Crippen LogP contribution in [0.15, 0.2) is 83.6 Å². The molecule has 0 aliphatic heterocycles. The number of esters is 1. The molecule has 198 valence electrons. The molecule has 1 atom stereocenters. The molecule has 0 fully saturated rings. The Morgan fingerprint density at radius 2 is 1.76 bits per heavy atom. The lowest BCUT2D eigenvalue weighted by atomic mass is 9.92. The number of carbonyl (C=O) groups excluding carboxylic acids is 1. The van der Waals surface area contributed by atoms with Crippen LogP contribution in [-0.4, -0.2) is 25.9 Å². The van der Waals surface area contributed by atoms with Crippen LogP contribution in [0.3, 0.4) is 0 Å². The smallest absolute Gasteiger partial charge is 0.416 e. The van der Waals surface area contributed by atoms with Crippen molar-refractivity contribution in [1.29, 1.82) is 0 Å². The number of aryl methyl sites for hydroxylation is 1. The first-order valence-corrected chi connectivity index (χ1v) is 11.9. The van der Waals surface area contributed by atoms with E-state index in [1.165, 1.54) is 26.4 Å². The van der Waals surface area contributed by atoms with Crippen molar-refractivity contribution in [2.24, 2.45) is 5.16 Å². The summed E-state index contributed by atoms with van der Waals surface area (Å²) < 4.78 is 44.3. The predicted octanol–water partition coefficient (Wildman–Crippen LogP) is 6.02. The number of hydroxylamine groups is 1. The predicted molar refractivity (Wildman–Crippen MR) is 137 cm³/mol. The number of alkyl halides is 3. The average Bonchev–Trinajstić information content (AvgIpc) is 3.27. The van der Waals surface area contributed by atoms with Gasteiger partial charge < -0.3 is 9.57 Å². The Labute approximate surface area is 218 Å². The molecule has 0 heterocycles. The standard InChI is InChI=1S/C29H27F3N2O4/c1-36-28(35)27(34-37-2)24-13-6-4-10-21(24)18-38-33-26-17-20-9-3-5-12-23(20)25(26)15-14-19-8-7-11-22(16-19)29(30,31)32/h3-13,16-17,25,33H,14-15,18H2,1-2H3. The van der Waals surface area contributed by atoms with Crippen molar-refractivity contribution in [3.8, 4) is 0 Å². The molecule has 0 amide bonds. The molecule has 0 aromatic heterocycles. The highest BCUT2D eigenvalue weighted by molar-refractivity contribution is 6.43. The van der Waals surface area contributed by atoms with Gasteiger partial charge in [0, 0.05) is 17.2 Å². The highest BCUT2D eigenvalue weighted by Gasteiger charge is 2.31. The fourth-order valence-corrected chi connectivity index (χ4v) is 4.48. The SMILES string of the molecule is CON=C(C(=O)OC)c1ccccc1CONC1=Cc2ccccc2C1CCc1cccc(C(F)(F)F)c1. The van der Waals surface area contributed by atoms with Crippen LogP contribution >= 0.6 is 0 Å². The van der Waals surface area contributed by atoms with Gasteiger partial charge >= 0.3 is 12.1 Å². The molecule has 0 bridgehead atoms. The summed E-state index contributed by atoms with van der Waals surface area (Å²) in [7, 11) is 2.60. The molecule has 1 aliphatic carbocycles. The van der Waals surface area contributed by atoms with Crippen LogP contribution in [0.1, 0.15) is 45.7 Å². The quantitative estimate of drug-likeness (QED) is 0.200. The molecule has 1 unspecified atom stereocenters. The van der Waals surface area contributed by atoms with Crippen LogP contribution in [0.5, 0.6) is 0 Å². The zero-order valence-corrected chi connectivity index (χ0v) is 20.9. The highest BCUT2D eigenvalue weighted by Crippen LogP contribution is 2.38. The minimum Gasteiger partial charge on any atom is -0.464 e. The van der Waals surface area contributed by atoms with Gasteiger partial charge in [-0.15, -0.1) is 0 Å². The third-order valence-electron chi connectivity index (χ3n) is 6.29. The van der Waals surface area contributed by atoms with E-state index in [4.69, 9.17) is 14.4 Å². The molecular formula is C29H27F3N2O4. The summed E-state index contributed by atoms with van der Waals surface area (Å²) in [6, 6.07) is 20.4. The number of nitrogens with one attached hydrogen (secondary N) is 1. The van der Waals surface area contributed by atoms with Crippen molar-refractivity contribution in [2.45, 2.75) is 31.5 Å². The molecule has 6 nitrogen and oxygen atoms in total. The fraction of sp³-hybridized carbons (Fsp3) is 0.241. The molecule has 1 aliphatic rings. The van der Waals surface area contributed by atoms with Gasteiger partial charge in [-0.05, 0) is 47.2 Å². The maximum absolute atomic E-state index is 13.2. The van der Waals surface area contributed by atoms with Crippen LogP contribution < -0.4 is 5.48 Å². The zero-order chi connectivity index (χ0) is 27.1. The summed E-state index contributed by atoms with van der Waals surface area (Å²) in [5.74, 6) is -0.729. The van der Waals surface area contributed by atoms with Gasteiger partial charge in [-0.3, -0.25) is 10.3 Å². The number of fused-ring (bicyclic) bond motifs is 1. The molecular weight excluding hydrogens is 497 g/mol. The molecule has 9 heteroatoms. The molecule has 0 spiro atoms. The van der Waals surface area contributed by atoms with Gasteiger partial charge in [0.25, 0.3) is 0 Å². The number of methoxy groups -OCH3 is 1. The Hall–Kier alpha value is -4.11. The number of ether oxygens (including phenoxy) is 1. The van der Waals surface area contributed by atoms with Gasteiger partial charge in [0.1, 0.15) is 13.7 Å². The number of carbonyl (C=O) groups is 1. The Kier molecular flexibility index (Phi) is 8.48. The topological polar surface area (TPSA) is 69.2 Å². The number of allylic oxidation sites excluding steroid dienone is 1. The molecule has 0 saturated heterocycles. The van der Waals surface area contributed by atoms with Gasteiger partial charge in [0.05, 0.1) is 12.7 Å². The summed E-state index contributed by atoms with van der Waals surface area (Å²) >= 11 is 0. The van der Waals surface area contributed by atoms with E-state index in [1.54, 1.807) is 24.3 Å². The number of oxime groups is 1. The van der Waals surface area contributed by atoms with Crippen molar-refractivity contribution in [3.05, 3.63) is 112 Å². The first-order chi connectivity index (χ1) is 18.3. The molecule has 38 heavy (non-hydrogen) atoms. The molecule has 4 rings (SSSR count). The normalized spacial score (nSPS) is 15.0. The van der Waals surface area contributed by atoms with Crippen LogP contribution in [-0.2, 0) is 38.4 Å². The minimum atomic E-state index is -4.38. The largest absolute Gasteiger partial charge is 0.464 e.